The van der Waals surface area contributed by atoms with Crippen molar-refractivity contribution in [2.24, 2.45) is 10.9 Å². The summed E-state index contributed by atoms with van der Waals surface area (Å²) < 4.78 is 20.3. The van der Waals surface area contributed by atoms with E-state index in [1.807, 2.05) is 12.1 Å². The van der Waals surface area contributed by atoms with Crippen molar-refractivity contribution in [1.29, 1.82) is 0 Å². The summed E-state index contributed by atoms with van der Waals surface area (Å²) in [5.74, 6) is 4.66. The first kappa shape index (κ1) is 18.7. The van der Waals surface area contributed by atoms with Crippen molar-refractivity contribution in [1.82, 2.24) is 9.47 Å². The molecule has 1 amide bonds. The van der Waals surface area contributed by atoms with Gasteiger partial charge < -0.3 is 20.0 Å². The van der Waals surface area contributed by atoms with E-state index in [2.05, 4.69) is 5.10 Å². The molecule has 1 aliphatic rings. The van der Waals surface area contributed by atoms with Gasteiger partial charge in [0.1, 0.15) is 5.82 Å². The summed E-state index contributed by atoms with van der Waals surface area (Å²) in [6.07, 6.45) is 0. The van der Waals surface area contributed by atoms with Gasteiger partial charge in [-0.3, -0.25) is 9.59 Å². The molecule has 3 aromatic rings. The third kappa shape index (κ3) is 3.33. The van der Waals surface area contributed by atoms with E-state index in [9.17, 15) is 14.0 Å². The first-order valence-electron chi connectivity index (χ1n) is 9.11. The average molecular weight is 394 g/mol. The maximum atomic E-state index is 13.4. The molecule has 0 aliphatic carbocycles. The van der Waals surface area contributed by atoms with Gasteiger partial charge in [0.05, 0.1) is 0 Å². The molecule has 7 nitrogen and oxygen atoms in total. The monoisotopic (exact) mass is 394 g/mol. The minimum Gasteiger partial charge on any atom is -0.424 e. The lowest BCUT2D eigenvalue weighted by molar-refractivity contribution is -0.131. The highest BCUT2D eigenvalue weighted by molar-refractivity contribution is 6.03. The summed E-state index contributed by atoms with van der Waals surface area (Å²) in [4.78, 5) is 26.8. The molecule has 0 saturated carbocycles. The Balaban J connectivity index is 1.87. The van der Waals surface area contributed by atoms with E-state index >= 15 is 0 Å². The van der Waals surface area contributed by atoms with E-state index in [0.717, 1.165) is 5.56 Å². The number of hydrogen-bond acceptors (Lipinski definition) is 5. The van der Waals surface area contributed by atoms with Gasteiger partial charge in [0, 0.05) is 37.3 Å². The van der Waals surface area contributed by atoms with E-state index in [4.69, 9.17) is 10.6 Å². The number of carbonyl (C=O) groups excluding carboxylic acids is 2. The Morgan fingerprint density at radius 1 is 1.14 bits per heavy atom. The summed E-state index contributed by atoms with van der Waals surface area (Å²) in [7, 11) is 0. The Hall–Kier alpha value is -3.68. The molecule has 0 bridgehead atoms. The SMILES string of the molecule is CC(=O)Oc1c2n(/c(=N/N)c3ccccc13)CCN(Cc1ccc(F)cc1)C2=O. The van der Waals surface area contributed by atoms with Gasteiger partial charge in [-0.1, -0.05) is 36.4 Å². The number of nitrogens with two attached hydrogens (primary N) is 1. The van der Waals surface area contributed by atoms with Crippen LogP contribution >= 0.6 is 0 Å². The van der Waals surface area contributed by atoms with E-state index in [1.165, 1.54) is 19.1 Å². The van der Waals surface area contributed by atoms with Gasteiger partial charge in [-0.2, -0.15) is 5.10 Å². The fraction of sp³-hybridized carbons (Fsp3) is 0.190. The summed E-state index contributed by atoms with van der Waals surface area (Å²) >= 11 is 0. The van der Waals surface area contributed by atoms with Gasteiger partial charge in [-0.15, -0.1) is 0 Å². The van der Waals surface area contributed by atoms with Crippen LogP contribution in [0, 0.1) is 5.82 Å². The van der Waals surface area contributed by atoms with Gasteiger partial charge in [-0.25, -0.2) is 4.39 Å². The highest BCUT2D eigenvalue weighted by Crippen LogP contribution is 2.31. The van der Waals surface area contributed by atoms with Crippen molar-refractivity contribution in [2.75, 3.05) is 6.54 Å². The molecule has 2 aromatic carbocycles. The molecular weight excluding hydrogens is 375 g/mol. The van der Waals surface area contributed by atoms with Crippen molar-refractivity contribution in [2.45, 2.75) is 20.0 Å². The van der Waals surface area contributed by atoms with Crippen molar-refractivity contribution in [3.63, 3.8) is 0 Å². The van der Waals surface area contributed by atoms with Crippen molar-refractivity contribution < 1.29 is 18.7 Å². The van der Waals surface area contributed by atoms with E-state index in [0.29, 0.717) is 35.9 Å². The zero-order valence-electron chi connectivity index (χ0n) is 15.8. The average Bonchev–Trinajstić information content (AvgIpc) is 2.71. The topological polar surface area (TPSA) is 89.9 Å². The van der Waals surface area contributed by atoms with Crippen LogP contribution in [-0.4, -0.2) is 27.9 Å². The second-order valence-corrected chi connectivity index (χ2v) is 6.77. The molecule has 0 spiro atoms. The van der Waals surface area contributed by atoms with E-state index in [1.54, 1.807) is 33.7 Å². The Labute approximate surface area is 165 Å². The second-order valence-electron chi connectivity index (χ2n) is 6.77. The molecule has 148 valence electrons. The molecule has 1 aliphatic heterocycles. The Kier molecular flexibility index (Phi) is 4.75. The van der Waals surface area contributed by atoms with E-state index in [-0.39, 0.29) is 23.2 Å². The first-order valence-corrected chi connectivity index (χ1v) is 9.11. The molecule has 2 heterocycles. The molecule has 29 heavy (non-hydrogen) atoms. The van der Waals surface area contributed by atoms with Crippen LogP contribution in [0.5, 0.6) is 5.75 Å². The highest BCUT2D eigenvalue weighted by Gasteiger charge is 2.31. The molecule has 0 saturated heterocycles. The van der Waals surface area contributed by atoms with Gasteiger partial charge in [0.2, 0.25) is 0 Å². The minimum atomic E-state index is -0.529. The van der Waals surface area contributed by atoms with Crippen molar-refractivity contribution in [3.8, 4) is 5.75 Å². The van der Waals surface area contributed by atoms with Crippen molar-refractivity contribution in [3.05, 3.63) is 71.1 Å². The molecule has 0 fully saturated rings. The number of rotatable bonds is 3. The van der Waals surface area contributed by atoms with E-state index < -0.39 is 5.97 Å². The van der Waals surface area contributed by atoms with Crippen LogP contribution in [0.15, 0.2) is 53.6 Å². The van der Waals surface area contributed by atoms with Crippen LogP contribution in [0.4, 0.5) is 4.39 Å². The predicted molar refractivity (Wildman–Crippen MR) is 104 cm³/mol. The molecule has 1 aromatic heterocycles. The molecule has 0 atom stereocenters. The first-order chi connectivity index (χ1) is 14.0. The smallest absolute Gasteiger partial charge is 0.308 e. The molecule has 2 N–H and O–H groups in total. The van der Waals surface area contributed by atoms with Gasteiger partial charge in [0.25, 0.3) is 5.91 Å². The fourth-order valence-corrected chi connectivity index (χ4v) is 3.63. The van der Waals surface area contributed by atoms with Crippen LogP contribution < -0.4 is 16.1 Å². The number of pyridine rings is 1. The molecule has 8 heteroatoms. The highest BCUT2D eigenvalue weighted by atomic mass is 19.1. The third-order valence-corrected chi connectivity index (χ3v) is 4.89. The van der Waals surface area contributed by atoms with Crippen LogP contribution in [0.2, 0.25) is 0 Å². The fourth-order valence-electron chi connectivity index (χ4n) is 3.63. The Bertz CT molecular complexity index is 1180. The number of esters is 1. The van der Waals surface area contributed by atoms with Gasteiger partial charge in [0.15, 0.2) is 16.9 Å². The number of benzene rings is 2. The quantitative estimate of drug-likeness (QED) is 0.419. The Morgan fingerprint density at radius 2 is 1.83 bits per heavy atom. The zero-order chi connectivity index (χ0) is 20.5. The van der Waals surface area contributed by atoms with Crippen LogP contribution in [0.1, 0.15) is 23.0 Å². The second kappa shape index (κ2) is 7.38. The number of amides is 1. The minimum absolute atomic E-state index is 0.189. The van der Waals surface area contributed by atoms with Crippen LogP contribution in [0.25, 0.3) is 10.8 Å². The maximum Gasteiger partial charge on any atom is 0.308 e. The third-order valence-electron chi connectivity index (χ3n) is 4.89. The summed E-state index contributed by atoms with van der Waals surface area (Å²) in [5, 5.41) is 5.16. The lowest BCUT2D eigenvalue weighted by atomic mass is 10.1. The lowest BCUT2D eigenvalue weighted by Gasteiger charge is -2.31. The lowest BCUT2D eigenvalue weighted by Crippen LogP contribution is -2.45. The largest absolute Gasteiger partial charge is 0.424 e. The predicted octanol–water partition coefficient (Wildman–Crippen LogP) is 2.14. The number of fused-ring (bicyclic) bond motifs is 2. The molecule has 4 rings (SSSR count). The Morgan fingerprint density at radius 3 is 2.48 bits per heavy atom. The zero-order valence-corrected chi connectivity index (χ0v) is 15.8. The normalized spacial score (nSPS) is 14.2. The number of aromatic nitrogens is 1. The van der Waals surface area contributed by atoms with Crippen LogP contribution in [0.3, 0.4) is 0 Å². The number of halogens is 1. The number of ether oxygens (including phenoxy) is 1. The summed E-state index contributed by atoms with van der Waals surface area (Å²) in [6, 6.07) is 13.2. The van der Waals surface area contributed by atoms with Crippen molar-refractivity contribution >= 4 is 22.6 Å². The summed E-state index contributed by atoms with van der Waals surface area (Å²) in [6.45, 7) is 2.43. The van der Waals surface area contributed by atoms with Gasteiger partial charge in [-0.05, 0) is 17.7 Å². The molecular formula is C21H19FN4O3. The van der Waals surface area contributed by atoms with Gasteiger partial charge >= 0.3 is 5.97 Å². The molecule has 0 unspecified atom stereocenters. The number of nitrogens with zero attached hydrogens (tertiary/aromatic N) is 3. The van der Waals surface area contributed by atoms with Crippen LogP contribution in [-0.2, 0) is 17.9 Å². The maximum absolute atomic E-state index is 13.4. The standard InChI is InChI=1S/C21H19FN4O3/c1-13(27)29-19-16-4-2-3-5-17(16)20(24-23)26-11-10-25(21(28)18(19)26)12-14-6-8-15(22)9-7-14/h2-9H,10-12,23H2,1H3/b24-20+. The number of carbonyl (C=O) groups is 2. The number of hydrogen-bond donors (Lipinski definition) is 1. The summed E-state index contributed by atoms with van der Waals surface area (Å²) in [5.41, 5.74) is 1.46. The molecule has 0 radical (unpaired) electrons.